The van der Waals surface area contributed by atoms with E-state index in [-0.39, 0.29) is 5.91 Å². The van der Waals surface area contributed by atoms with Crippen LogP contribution in [-0.4, -0.2) is 38.0 Å². The van der Waals surface area contributed by atoms with Gasteiger partial charge in [-0.2, -0.15) is 0 Å². The molecule has 0 radical (unpaired) electrons. The molecule has 17 heavy (non-hydrogen) atoms. The Morgan fingerprint density at radius 2 is 2.00 bits per heavy atom. The molecule has 0 fully saturated rings. The van der Waals surface area contributed by atoms with Crippen LogP contribution in [0.4, 0.5) is 0 Å². The Kier molecular flexibility index (Phi) is 5.75. The minimum absolute atomic E-state index is 0.0232. The highest BCUT2D eigenvalue weighted by Crippen LogP contribution is 2.22. The molecule has 0 unspecified atom stereocenters. The second-order valence-corrected chi connectivity index (χ2v) is 4.90. The van der Waals surface area contributed by atoms with Crippen LogP contribution in [0.5, 0.6) is 0 Å². The number of nitrogens with one attached hydrogen (secondary N) is 1. The van der Waals surface area contributed by atoms with E-state index in [9.17, 15) is 4.79 Å². The van der Waals surface area contributed by atoms with Crippen molar-refractivity contribution in [2.45, 2.75) is 6.42 Å². The van der Waals surface area contributed by atoms with Gasteiger partial charge in [-0.05, 0) is 38.2 Å². The van der Waals surface area contributed by atoms with E-state index in [4.69, 9.17) is 23.2 Å². The molecule has 0 spiro atoms. The van der Waals surface area contributed by atoms with Gasteiger partial charge in [0.25, 0.3) is 0 Å². The van der Waals surface area contributed by atoms with Gasteiger partial charge in [0.15, 0.2) is 0 Å². The molecule has 0 aliphatic heterocycles. The molecule has 0 aliphatic rings. The molecule has 1 N–H and O–H groups in total. The van der Waals surface area contributed by atoms with E-state index in [1.807, 2.05) is 31.1 Å². The van der Waals surface area contributed by atoms with E-state index < -0.39 is 0 Å². The maximum Gasteiger partial charge on any atom is 0.234 e. The number of benzene rings is 1. The zero-order valence-electron chi connectivity index (χ0n) is 9.96. The molecule has 3 nitrogen and oxygen atoms in total. The fraction of sp³-hybridized carbons (Fsp3) is 0.417. The molecule has 1 rings (SSSR count). The molecule has 94 valence electrons. The third-order valence-corrected chi connectivity index (χ3v) is 2.92. The zero-order chi connectivity index (χ0) is 12.8. The fourth-order valence-electron chi connectivity index (χ4n) is 1.38. The number of nitrogens with zero attached hydrogens (tertiary/aromatic N) is 1. The van der Waals surface area contributed by atoms with Gasteiger partial charge in [-0.3, -0.25) is 4.79 Å². The lowest BCUT2D eigenvalue weighted by Crippen LogP contribution is -2.34. The molecule has 0 saturated heterocycles. The monoisotopic (exact) mass is 274 g/mol. The van der Waals surface area contributed by atoms with E-state index in [1.165, 1.54) is 0 Å². The van der Waals surface area contributed by atoms with Crippen LogP contribution in [0.2, 0.25) is 10.0 Å². The Hall–Kier alpha value is -0.770. The number of rotatable bonds is 5. The number of hydrogen-bond donors (Lipinski definition) is 1. The van der Waals surface area contributed by atoms with Gasteiger partial charge in [-0.15, -0.1) is 0 Å². The van der Waals surface area contributed by atoms with Crippen LogP contribution in [0.3, 0.4) is 0 Å². The first kappa shape index (κ1) is 14.3. The van der Waals surface area contributed by atoms with Crippen molar-refractivity contribution in [1.29, 1.82) is 0 Å². The maximum absolute atomic E-state index is 11.4. The summed E-state index contributed by atoms with van der Waals surface area (Å²) in [6, 6.07) is 5.50. The summed E-state index contributed by atoms with van der Waals surface area (Å²) in [7, 11) is 3.72. The highest BCUT2D eigenvalue weighted by molar-refractivity contribution is 6.42. The van der Waals surface area contributed by atoms with Crippen molar-refractivity contribution >= 4 is 29.1 Å². The summed E-state index contributed by atoms with van der Waals surface area (Å²) in [6.07, 6.45) is 0.746. The first-order valence-corrected chi connectivity index (χ1v) is 6.10. The van der Waals surface area contributed by atoms with Crippen molar-refractivity contribution < 1.29 is 4.79 Å². The van der Waals surface area contributed by atoms with Crippen LogP contribution in [0.1, 0.15) is 5.56 Å². The normalized spacial score (nSPS) is 10.6. The van der Waals surface area contributed by atoms with Crippen LogP contribution in [-0.2, 0) is 11.2 Å². The minimum atomic E-state index is 0.0232. The molecular weight excluding hydrogens is 259 g/mol. The summed E-state index contributed by atoms with van der Waals surface area (Å²) in [6.45, 7) is 1.01. The largest absolute Gasteiger partial charge is 0.355 e. The highest BCUT2D eigenvalue weighted by atomic mass is 35.5. The van der Waals surface area contributed by atoms with Crippen molar-refractivity contribution in [2.75, 3.05) is 27.2 Å². The number of carbonyl (C=O) groups is 1. The van der Waals surface area contributed by atoms with Gasteiger partial charge in [0.05, 0.1) is 16.6 Å². The topological polar surface area (TPSA) is 32.3 Å². The molecular formula is C12H16Cl2N2O. The van der Waals surface area contributed by atoms with E-state index in [1.54, 1.807) is 6.07 Å². The number of amides is 1. The van der Waals surface area contributed by atoms with Crippen LogP contribution in [0, 0.1) is 0 Å². The Bertz CT molecular complexity index is 394. The van der Waals surface area contributed by atoms with Crippen LogP contribution in [0.15, 0.2) is 18.2 Å². The molecule has 1 aromatic carbocycles. The Balaban J connectivity index is 2.36. The second kappa shape index (κ2) is 6.84. The third-order valence-electron chi connectivity index (χ3n) is 2.18. The van der Waals surface area contributed by atoms with E-state index in [0.717, 1.165) is 12.0 Å². The minimum Gasteiger partial charge on any atom is -0.355 e. The molecule has 0 atom stereocenters. The molecule has 5 heteroatoms. The van der Waals surface area contributed by atoms with Gasteiger partial charge in [-0.25, -0.2) is 0 Å². The van der Waals surface area contributed by atoms with Gasteiger partial charge < -0.3 is 10.2 Å². The third kappa shape index (κ3) is 5.39. The SMILES string of the molecule is CN(C)CC(=O)NCCc1ccc(Cl)c(Cl)c1. The average Bonchev–Trinajstić information content (AvgIpc) is 2.22. The summed E-state index contributed by atoms with van der Waals surface area (Å²) >= 11 is 11.7. The quantitative estimate of drug-likeness (QED) is 0.893. The van der Waals surface area contributed by atoms with Crippen LogP contribution in [0.25, 0.3) is 0 Å². The number of hydrogen-bond acceptors (Lipinski definition) is 2. The van der Waals surface area contributed by atoms with Crippen molar-refractivity contribution in [2.24, 2.45) is 0 Å². The average molecular weight is 275 g/mol. The van der Waals surface area contributed by atoms with Gasteiger partial charge in [0.2, 0.25) is 5.91 Å². The predicted molar refractivity (Wildman–Crippen MR) is 71.7 cm³/mol. The molecule has 0 heterocycles. The predicted octanol–water partition coefficient (Wildman–Crippen LogP) is 2.21. The second-order valence-electron chi connectivity index (χ2n) is 4.09. The van der Waals surface area contributed by atoms with Crippen molar-refractivity contribution in [3.05, 3.63) is 33.8 Å². The lowest BCUT2D eigenvalue weighted by atomic mass is 10.1. The lowest BCUT2D eigenvalue weighted by Gasteiger charge is -2.10. The summed E-state index contributed by atoms with van der Waals surface area (Å²) in [5, 5.41) is 3.93. The summed E-state index contributed by atoms with van der Waals surface area (Å²) in [5.74, 6) is 0.0232. The van der Waals surface area contributed by atoms with Gasteiger partial charge >= 0.3 is 0 Å². The smallest absolute Gasteiger partial charge is 0.234 e. The number of likely N-dealkylation sites (N-methyl/N-ethyl adjacent to an activating group) is 1. The van der Waals surface area contributed by atoms with E-state index >= 15 is 0 Å². The summed E-state index contributed by atoms with van der Waals surface area (Å²) in [4.78, 5) is 13.2. The van der Waals surface area contributed by atoms with Gasteiger partial charge in [0, 0.05) is 6.54 Å². The van der Waals surface area contributed by atoms with Gasteiger partial charge in [0.1, 0.15) is 0 Å². The van der Waals surface area contributed by atoms with E-state index in [0.29, 0.717) is 23.1 Å². The van der Waals surface area contributed by atoms with Crippen LogP contribution >= 0.6 is 23.2 Å². The Morgan fingerprint density at radius 3 is 2.59 bits per heavy atom. The molecule has 0 aliphatic carbocycles. The maximum atomic E-state index is 11.4. The molecule has 0 aromatic heterocycles. The number of halogens is 2. The molecule has 1 amide bonds. The van der Waals surface area contributed by atoms with E-state index in [2.05, 4.69) is 5.32 Å². The summed E-state index contributed by atoms with van der Waals surface area (Å²) < 4.78 is 0. The molecule has 1 aromatic rings. The molecule has 0 bridgehead atoms. The fourth-order valence-corrected chi connectivity index (χ4v) is 1.71. The highest BCUT2D eigenvalue weighted by Gasteiger charge is 2.03. The Labute approximate surface area is 112 Å². The first-order chi connectivity index (χ1) is 7.99. The van der Waals surface area contributed by atoms with Crippen molar-refractivity contribution in [3.63, 3.8) is 0 Å². The van der Waals surface area contributed by atoms with Crippen molar-refractivity contribution in [1.82, 2.24) is 10.2 Å². The summed E-state index contributed by atoms with van der Waals surface area (Å²) in [5.41, 5.74) is 1.06. The lowest BCUT2D eigenvalue weighted by molar-refractivity contribution is -0.121. The Morgan fingerprint density at radius 1 is 1.29 bits per heavy atom. The standard InChI is InChI=1S/C12H16Cl2N2O/c1-16(2)8-12(17)15-6-5-9-3-4-10(13)11(14)7-9/h3-4,7H,5-6,8H2,1-2H3,(H,15,17). The zero-order valence-corrected chi connectivity index (χ0v) is 11.5. The number of carbonyl (C=O) groups excluding carboxylic acids is 1. The van der Waals surface area contributed by atoms with Gasteiger partial charge in [-0.1, -0.05) is 29.3 Å². The van der Waals surface area contributed by atoms with Crippen molar-refractivity contribution in [3.8, 4) is 0 Å². The first-order valence-electron chi connectivity index (χ1n) is 5.34. The molecule has 0 saturated carbocycles. The van der Waals surface area contributed by atoms with Crippen LogP contribution < -0.4 is 5.32 Å².